The molecule has 0 radical (unpaired) electrons. The maximum absolute atomic E-state index is 4.29. The monoisotopic (exact) mass is 377 g/mol. The third-order valence-electron chi connectivity index (χ3n) is 5.91. The fourth-order valence-corrected chi connectivity index (χ4v) is 4.48. The summed E-state index contributed by atoms with van der Waals surface area (Å²) >= 11 is 0. The highest BCUT2D eigenvalue weighted by atomic mass is 15.1. The van der Waals surface area contributed by atoms with E-state index >= 15 is 0 Å². The van der Waals surface area contributed by atoms with Gasteiger partial charge in [0.1, 0.15) is 12.4 Å². The summed E-state index contributed by atoms with van der Waals surface area (Å²) in [6.45, 7) is 10.8. The molecule has 2 aliphatic heterocycles. The van der Waals surface area contributed by atoms with Gasteiger partial charge in [0, 0.05) is 18.4 Å². The highest BCUT2D eigenvalue weighted by molar-refractivity contribution is 5.70. The van der Waals surface area contributed by atoms with Crippen LogP contribution in [0.4, 0.5) is 0 Å². The van der Waals surface area contributed by atoms with E-state index in [-0.39, 0.29) is 0 Å². The van der Waals surface area contributed by atoms with Gasteiger partial charge in [-0.2, -0.15) is 0 Å². The molecule has 0 N–H and O–H groups in total. The van der Waals surface area contributed by atoms with Crippen LogP contribution < -0.4 is 0 Å². The Balaban J connectivity index is 1.67. The van der Waals surface area contributed by atoms with E-state index in [0.717, 1.165) is 24.9 Å². The van der Waals surface area contributed by atoms with Gasteiger partial charge in [0.25, 0.3) is 0 Å². The molecule has 0 saturated carbocycles. The number of hydrogen-bond acceptors (Lipinski definition) is 0. The quantitative estimate of drug-likeness (QED) is 0.399. The summed E-state index contributed by atoms with van der Waals surface area (Å²) in [4.78, 5) is 0. The minimum absolute atomic E-state index is 0.559. The van der Waals surface area contributed by atoms with Crippen LogP contribution >= 0.6 is 0 Å². The summed E-state index contributed by atoms with van der Waals surface area (Å²) in [6.07, 6.45) is 30.7. The maximum atomic E-state index is 4.29. The second kappa shape index (κ2) is 6.89. The predicted octanol–water partition coefficient (Wildman–Crippen LogP) is 5.31. The van der Waals surface area contributed by atoms with Crippen LogP contribution in [-0.4, -0.2) is 22.6 Å². The zero-order valence-electron chi connectivity index (χ0n) is 16.8. The fraction of sp³-hybridized carbons (Fsp3) is 0.148. The minimum atomic E-state index is 0.559. The summed E-state index contributed by atoms with van der Waals surface area (Å²) in [5.74, 6) is 0.559. The van der Waals surface area contributed by atoms with Crippen LogP contribution in [-0.2, 0) is 0 Å². The zero-order valence-corrected chi connectivity index (χ0v) is 16.8. The van der Waals surface area contributed by atoms with E-state index in [1.54, 1.807) is 0 Å². The molecule has 0 aromatic carbocycles. The van der Waals surface area contributed by atoms with Gasteiger partial charge in [-0.05, 0) is 31.4 Å². The highest BCUT2D eigenvalue weighted by Crippen LogP contribution is 2.48. The van der Waals surface area contributed by atoms with Crippen molar-refractivity contribution < 1.29 is 9.15 Å². The van der Waals surface area contributed by atoms with Gasteiger partial charge in [0.2, 0.25) is 0 Å². The average Bonchev–Trinajstić information content (AvgIpc) is 2.74. The largest absolute Gasteiger partial charge is 0.272 e. The Morgan fingerprint density at radius 2 is 1.48 bits per heavy atom. The molecule has 1 unspecified atom stereocenters. The van der Waals surface area contributed by atoms with Crippen LogP contribution in [0.2, 0.25) is 0 Å². The molecule has 29 heavy (non-hydrogen) atoms. The number of fused-ring (bicyclic) bond motifs is 3. The Morgan fingerprint density at radius 1 is 0.862 bits per heavy atom. The SMILES string of the molecule is C=[N+]1C=CC(=C2C=CCC=C2)C2=CC=C3C(=C4C=CCC(C)[CH+]4)C=C[N+](=C)[C-]3[C-]21. The lowest BCUT2D eigenvalue weighted by Gasteiger charge is -2.39. The predicted molar refractivity (Wildman–Crippen MR) is 120 cm³/mol. The molecule has 0 saturated heterocycles. The Hall–Kier alpha value is -3.39. The third-order valence-corrected chi connectivity index (χ3v) is 5.91. The lowest BCUT2D eigenvalue weighted by Crippen LogP contribution is -2.36. The molecule has 5 aliphatic rings. The van der Waals surface area contributed by atoms with E-state index in [2.05, 4.69) is 99.9 Å². The van der Waals surface area contributed by atoms with Gasteiger partial charge >= 0.3 is 0 Å². The first-order valence-corrected chi connectivity index (χ1v) is 10.2. The van der Waals surface area contributed by atoms with Gasteiger partial charge in [0.15, 0.2) is 12.1 Å². The van der Waals surface area contributed by atoms with Crippen molar-refractivity contribution in [2.24, 2.45) is 5.92 Å². The summed E-state index contributed by atoms with van der Waals surface area (Å²) < 4.78 is 3.94. The van der Waals surface area contributed by atoms with E-state index < -0.39 is 0 Å². The summed E-state index contributed by atoms with van der Waals surface area (Å²) in [7, 11) is 0. The average molecular weight is 378 g/mol. The van der Waals surface area contributed by atoms with Crippen molar-refractivity contribution in [2.45, 2.75) is 19.8 Å². The molecule has 5 rings (SSSR count). The second-order valence-electron chi connectivity index (χ2n) is 7.99. The molecule has 2 heterocycles. The number of allylic oxidation sites excluding steroid dienone is 12. The topological polar surface area (TPSA) is 6.02 Å². The van der Waals surface area contributed by atoms with Crippen LogP contribution in [0.15, 0.2) is 107 Å². The second-order valence-corrected chi connectivity index (χ2v) is 7.99. The molecule has 0 amide bonds. The minimum Gasteiger partial charge on any atom is -0.272 e. The van der Waals surface area contributed by atoms with E-state index in [9.17, 15) is 0 Å². The van der Waals surface area contributed by atoms with Crippen molar-refractivity contribution in [1.82, 2.24) is 0 Å². The van der Waals surface area contributed by atoms with Crippen molar-refractivity contribution in [3.8, 4) is 0 Å². The summed E-state index contributed by atoms with van der Waals surface area (Å²) in [5.41, 5.74) is 7.39. The molecular weight excluding hydrogens is 352 g/mol. The summed E-state index contributed by atoms with van der Waals surface area (Å²) in [6, 6.07) is 2.21. The Labute approximate surface area is 173 Å². The molecule has 2 nitrogen and oxygen atoms in total. The third kappa shape index (κ3) is 2.92. The first-order chi connectivity index (χ1) is 14.1. The van der Waals surface area contributed by atoms with Gasteiger partial charge in [0.05, 0.1) is 19.0 Å². The molecule has 0 spiro atoms. The van der Waals surface area contributed by atoms with Crippen molar-refractivity contribution in [2.75, 3.05) is 0 Å². The highest BCUT2D eigenvalue weighted by Gasteiger charge is 2.41. The molecule has 0 aromatic heterocycles. The lowest BCUT2D eigenvalue weighted by atomic mass is 9.75. The number of nitrogens with zero attached hydrogens (tertiary/aromatic N) is 2. The number of hydrogen-bond donors (Lipinski definition) is 0. The van der Waals surface area contributed by atoms with Crippen molar-refractivity contribution in [3.05, 3.63) is 125 Å². The van der Waals surface area contributed by atoms with Gasteiger partial charge in [-0.1, -0.05) is 58.7 Å². The Bertz CT molecular complexity index is 1060. The molecule has 142 valence electrons. The van der Waals surface area contributed by atoms with Crippen molar-refractivity contribution >= 4 is 13.4 Å². The fourth-order valence-electron chi connectivity index (χ4n) is 4.48. The smallest absolute Gasteiger partial charge is 0.177 e. The maximum Gasteiger partial charge on any atom is 0.177 e. The van der Waals surface area contributed by atoms with E-state index in [4.69, 9.17) is 0 Å². The van der Waals surface area contributed by atoms with Crippen LogP contribution in [0, 0.1) is 24.4 Å². The van der Waals surface area contributed by atoms with Gasteiger partial charge in [-0.3, -0.25) is 9.15 Å². The van der Waals surface area contributed by atoms with E-state index in [1.165, 1.54) is 33.4 Å². The molecule has 1 atom stereocenters. The first-order valence-electron chi connectivity index (χ1n) is 10.2. The van der Waals surface area contributed by atoms with Gasteiger partial charge in [-0.15, -0.1) is 12.2 Å². The first kappa shape index (κ1) is 17.7. The van der Waals surface area contributed by atoms with Crippen molar-refractivity contribution in [3.63, 3.8) is 0 Å². The van der Waals surface area contributed by atoms with Gasteiger partial charge in [-0.25, -0.2) is 0 Å². The molecule has 0 aromatic rings. The van der Waals surface area contributed by atoms with Crippen LogP contribution in [0.1, 0.15) is 19.8 Å². The molecular formula is C27H25N2+. The van der Waals surface area contributed by atoms with E-state index in [0.29, 0.717) is 5.92 Å². The van der Waals surface area contributed by atoms with E-state index in [1.807, 2.05) is 9.15 Å². The van der Waals surface area contributed by atoms with Crippen molar-refractivity contribution in [1.29, 1.82) is 0 Å². The van der Waals surface area contributed by atoms with Crippen LogP contribution in [0.3, 0.4) is 0 Å². The molecule has 2 heteroatoms. The number of rotatable bonds is 0. The van der Waals surface area contributed by atoms with Crippen LogP contribution in [0.25, 0.3) is 0 Å². The van der Waals surface area contributed by atoms with Crippen LogP contribution in [0.5, 0.6) is 0 Å². The Kier molecular flexibility index (Phi) is 4.21. The standard InChI is InChI=1S/C27H25N2/c1-19-8-7-11-21(18-19)23-15-17-29(3)27-25(23)13-12-24-22(14-16-28(2)26(24)27)20-9-5-4-6-10-20/h5-7,9-19H,2-4,8H2,1H3/q+1. The molecule has 0 fully saturated rings. The zero-order chi connectivity index (χ0) is 20.0. The molecule has 0 bridgehead atoms. The summed E-state index contributed by atoms with van der Waals surface area (Å²) in [5, 5.41) is 0. The normalized spacial score (nSPS) is 27.7. The van der Waals surface area contributed by atoms with Gasteiger partial charge < -0.3 is 0 Å². The lowest BCUT2D eigenvalue weighted by molar-refractivity contribution is -0.497. The Morgan fingerprint density at radius 3 is 2.14 bits per heavy atom. The molecule has 3 aliphatic carbocycles.